The van der Waals surface area contributed by atoms with Crippen LogP contribution in [0.3, 0.4) is 0 Å². The van der Waals surface area contributed by atoms with Crippen LogP contribution in [0.1, 0.15) is 18.0 Å². The summed E-state index contributed by atoms with van der Waals surface area (Å²) in [6, 6.07) is 11.5. The van der Waals surface area contributed by atoms with Crippen LogP contribution in [0.2, 0.25) is 0 Å². The van der Waals surface area contributed by atoms with E-state index in [-0.39, 0.29) is 11.7 Å². The molecular weight excluding hydrogens is 309 g/mol. The van der Waals surface area contributed by atoms with Gasteiger partial charge in [0.1, 0.15) is 5.82 Å². The van der Waals surface area contributed by atoms with Gasteiger partial charge in [-0.15, -0.1) is 0 Å². The Morgan fingerprint density at radius 3 is 2.50 bits per heavy atom. The van der Waals surface area contributed by atoms with E-state index in [1.165, 1.54) is 11.9 Å². The Hall–Kier alpha value is -2.08. The van der Waals surface area contributed by atoms with Gasteiger partial charge in [0.05, 0.1) is 11.7 Å². The molecule has 0 aliphatic carbocycles. The highest BCUT2D eigenvalue weighted by atomic mass is 32.2. The van der Waals surface area contributed by atoms with Crippen molar-refractivity contribution in [3.63, 3.8) is 0 Å². The van der Waals surface area contributed by atoms with Crippen molar-refractivity contribution in [1.29, 1.82) is 0 Å². The first kappa shape index (κ1) is 14.8. The maximum absolute atomic E-state index is 13.5. The van der Waals surface area contributed by atoms with Gasteiger partial charge in [-0.05, 0) is 17.5 Å². The molecule has 1 heterocycles. The second kappa shape index (κ2) is 6.36. The first-order chi connectivity index (χ1) is 10.6. The number of halogens is 3. The molecule has 0 saturated carbocycles. The van der Waals surface area contributed by atoms with E-state index in [0.717, 1.165) is 23.0 Å². The van der Waals surface area contributed by atoms with Gasteiger partial charge in [-0.3, -0.25) is 0 Å². The molecule has 0 amide bonds. The number of rotatable bonds is 4. The van der Waals surface area contributed by atoms with Gasteiger partial charge in [-0.1, -0.05) is 30.3 Å². The Morgan fingerprint density at radius 2 is 1.73 bits per heavy atom. The van der Waals surface area contributed by atoms with Crippen molar-refractivity contribution in [3.8, 4) is 0 Å². The highest BCUT2D eigenvalue weighted by Crippen LogP contribution is 2.33. The van der Waals surface area contributed by atoms with Crippen molar-refractivity contribution in [2.45, 2.75) is 12.5 Å². The summed E-state index contributed by atoms with van der Waals surface area (Å²) in [4.78, 5) is 0.956. The molecule has 3 rings (SSSR count). The monoisotopic (exact) mass is 322 g/mol. The van der Waals surface area contributed by atoms with Crippen molar-refractivity contribution >= 4 is 17.6 Å². The number of benzene rings is 2. The zero-order valence-electron chi connectivity index (χ0n) is 11.4. The minimum Gasteiger partial charge on any atom is -0.383 e. The maximum Gasteiger partial charge on any atom is 0.161 e. The van der Waals surface area contributed by atoms with Crippen LogP contribution in [0.15, 0.2) is 53.6 Å². The minimum absolute atomic E-state index is 0.0760. The normalized spacial score (nSPS) is 17.0. The fraction of sp³-hybridized carbons (Fsp3) is 0.125. The number of anilines is 1. The summed E-state index contributed by atoms with van der Waals surface area (Å²) in [5, 5.41) is 3.24. The van der Waals surface area contributed by atoms with Crippen LogP contribution >= 0.6 is 11.9 Å². The second-order valence-electron chi connectivity index (χ2n) is 4.89. The van der Waals surface area contributed by atoms with E-state index in [1.807, 2.05) is 36.5 Å². The van der Waals surface area contributed by atoms with E-state index >= 15 is 0 Å². The van der Waals surface area contributed by atoms with Gasteiger partial charge in [0, 0.05) is 29.7 Å². The smallest absolute Gasteiger partial charge is 0.161 e. The SMILES string of the molecule is Fc1cc(F)c(NSC2=CNC(c3ccccc3)C2)cc1F. The third-order valence-corrected chi connectivity index (χ3v) is 4.22. The average molecular weight is 322 g/mol. The minimum atomic E-state index is -1.20. The van der Waals surface area contributed by atoms with Gasteiger partial charge in [-0.2, -0.15) is 0 Å². The van der Waals surface area contributed by atoms with Crippen LogP contribution in [0.5, 0.6) is 0 Å². The average Bonchev–Trinajstić information content (AvgIpc) is 2.99. The number of hydrogen-bond acceptors (Lipinski definition) is 3. The van der Waals surface area contributed by atoms with Gasteiger partial charge >= 0.3 is 0 Å². The van der Waals surface area contributed by atoms with Gasteiger partial charge < -0.3 is 10.0 Å². The van der Waals surface area contributed by atoms with Crippen LogP contribution < -0.4 is 10.0 Å². The Bertz CT molecular complexity index is 704. The lowest BCUT2D eigenvalue weighted by atomic mass is 10.1. The molecule has 2 aromatic rings. The van der Waals surface area contributed by atoms with E-state index in [0.29, 0.717) is 6.07 Å². The Morgan fingerprint density at radius 1 is 1.00 bits per heavy atom. The molecule has 0 saturated heterocycles. The lowest BCUT2D eigenvalue weighted by Gasteiger charge is -2.11. The summed E-state index contributed by atoms with van der Waals surface area (Å²) in [5.41, 5.74) is 1.08. The lowest BCUT2D eigenvalue weighted by molar-refractivity contribution is 0.496. The molecule has 0 fully saturated rings. The van der Waals surface area contributed by atoms with Crippen molar-refractivity contribution in [2.75, 3.05) is 4.72 Å². The molecule has 2 aromatic carbocycles. The summed E-state index contributed by atoms with van der Waals surface area (Å²) in [7, 11) is 0. The molecule has 114 valence electrons. The molecule has 2 nitrogen and oxygen atoms in total. The largest absolute Gasteiger partial charge is 0.383 e. The Kier molecular flexibility index (Phi) is 4.29. The maximum atomic E-state index is 13.5. The molecule has 0 spiro atoms. The lowest BCUT2D eigenvalue weighted by Crippen LogP contribution is -2.08. The Labute approximate surface area is 130 Å². The van der Waals surface area contributed by atoms with E-state index in [1.54, 1.807) is 0 Å². The van der Waals surface area contributed by atoms with Crippen molar-refractivity contribution in [2.24, 2.45) is 0 Å². The standard InChI is InChI=1S/C16H13F3N2S/c17-12-7-14(19)16(8-13(12)18)21-22-11-6-15(20-9-11)10-4-2-1-3-5-10/h1-5,7-9,15,20-21H,6H2. The summed E-state index contributed by atoms with van der Waals surface area (Å²) >= 11 is 1.18. The van der Waals surface area contributed by atoms with E-state index in [9.17, 15) is 13.2 Å². The van der Waals surface area contributed by atoms with Gasteiger partial charge in [-0.25, -0.2) is 13.2 Å². The molecule has 0 bridgehead atoms. The van der Waals surface area contributed by atoms with Gasteiger partial charge in [0.15, 0.2) is 11.6 Å². The first-order valence-electron chi connectivity index (χ1n) is 6.71. The highest BCUT2D eigenvalue weighted by Gasteiger charge is 2.19. The fourth-order valence-corrected chi connectivity index (χ4v) is 2.98. The summed E-state index contributed by atoms with van der Waals surface area (Å²) < 4.78 is 42.2. The van der Waals surface area contributed by atoms with Crippen LogP contribution in [-0.2, 0) is 0 Å². The molecule has 1 aliphatic rings. The molecule has 22 heavy (non-hydrogen) atoms. The highest BCUT2D eigenvalue weighted by molar-refractivity contribution is 8.04. The Balaban J connectivity index is 1.61. The zero-order valence-corrected chi connectivity index (χ0v) is 12.3. The van der Waals surface area contributed by atoms with Gasteiger partial charge in [0.2, 0.25) is 0 Å². The molecular formula is C16H13F3N2S. The van der Waals surface area contributed by atoms with E-state index in [4.69, 9.17) is 0 Å². The predicted octanol–water partition coefficient (Wildman–Crippen LogP) is 4.74. The summed E-state index contributed by atoms with van der Waals surface area (Å²) in [5.74, 6) is -3.10. The number of nitrogens with one attached hydrogen (secondary N) is 2. The van der Waals surface area contributed by atoms with Crippen LogP contribution in [-0.4, -0.2) is 0 Å². The van der Waals surface area contributed by atoms with Crippen molar-refractivity contribution in [1.82, 2.24) is 5.32 Å². The second-order valence-corrected chi connectivity index (χ2v) is 5.83. The quantitative estimate of drug-likeness (QED) is 0.628. The molecule has 1 atom stereocenters. The topological polar surface area (TPSA) is 24.1 Å². The summed E-state index contributed by atoms with van der Waals surface area (Å²) in [6.07, 6.45) is 2.58. The van der Waals surface area contributed by atoms with Gasteiger partial charge in [0.25, 0.3) is 0 Å². The molecule has 2 N–H and O–H groups in total. The van der Waals surface area contributed by atoms with Crippen molar-refractivity contribution < 1.29 is 13.2 Å². The van der Waals surface area contributed by atoms with Crippen LogP contribution in [0.25, 0.3) is 0 Å². The fourth-order valence-electron chi connectivity index (χ4n) is 2.20. The number of hydrogen-bond donors (Lipinski definition) is 2. The summed E-state index contributed by atoms with van der Waals surface area (Å²) in [6.45, 7) is 0. The first-order valence-corrected chi connectivity index (χ1v) is 7.52. The van der Waals surface area contributed by atoms with Crippen LogP contribution in [0.4, 0.5) is 18.9 Å². The molecule has 6 heteroatoms. The molecule has 0 aromatic heterocycles. The van der Waals surface area contributed by atoms with E-state index in [2.05, 4.69) is 10.0 Å². The molecule has 0 radical (unpaired) electrons. The zero-order chi connectivity index (χ0) is 15.5. The third-order valence-electron chi connectivity index (χ3n) is 3.35. The molecule has 1 unspecified atom stereocenters. The van der Waals surface area contributed by atoms with E-state index < -0.39 is 17.5 Å². The predicted molar refractivity (Wildman–Crippen MR) is 82.5 cm³/mol. The van der Waals surface area contributed by atoms with Crippen molar-refractivity contribution in [3.05, 3.63) is 76.6 Å². The van der Waals surface area contributed by atoms with Crippen LogP contribution in [0, 0.1) is 17.5 Å². The molecule has 1 aliphatic heterocycles. The third kappa shape index (κ3) is 3.22.